The van der Waals surface area contributed by atoms with Gasteiger partial charge in [-0.1, -0.05) is 11.3 Å². The summed E-state index contributed by atoms with van der Waals surface area (Å²) in [5, 5.41) is 7.90. The van der Waals surface area contributed by atoms with Crippen LogP contribution in [0.15, 0.2) is 47.4 Å². The van der Waals surface area contributed by atoms with Crippen molar-refractivity contribution in [3.8, 4) is 16.6 Å². The highest BCUT2D eigenvalue weighted by Crippen LogP contribution is 2.39. The van der Waals surface area contributed by atoms with Crippen molar-refractivity contribution >= 4 is 49.4 Å². The van der Waals surface area contributed by atoms with Gasteiger partial charge in [0.2, 0.25) is 21.9 Å². The van der Waals surface area contributed by atoms with Gasteiger partial charge in [-0.05, 0) is 38.1 Å². The number of ether oxygens (including phenoxy) is 3. The highest BCUT2D eigenvalue weighted by Gasteiger charge is 2.31. The van der Waals surface area contributed by atoms with Crippen molar-refractivity contribution in [1.29, 1.82) is 0 Å². The minimum atomic E-state index is -3.80. The maximum absolute atomic E-state index is 13.2. The lowest BCUT2D eigenvalue weighted by molar-refractivity contribution is 0.0933. The first kappa shape index (κ1) is 27.0. The molecule has 2 aromatic heterocycles. The molecular formula is C26H26N6O7S2. The lowest BCUT2D eigenvalue weighted by atomic mass is 10.2. The van der Waals surface area contributed by atoms with Crippen LogP contribution in [0.2, 0.25) is 0 Å². The standard InChI is InChI=1S/C26H26N6O7S2/c1-3-37-26(34)30-8-10-31(11-9-30)41(35,36)18-6-4-17(5-7-18)24(33)28-23-12-16(2)29-32(23)25-27-19-13-20-21(39-15-38-20)14-22(19)40-25/h4-7,12-14H,3,8-11,15H2,1-2H3,(H,28,33). The van der Waals surface area contributed by atoms with Crippen LogP contribution in [0.3, 0.4) is 0 Å². The molecule has 1 fully saturated rings. The molecule has 2 aromatic carbocycles. The number of hydrogen-bond donors (Lipinski definition) is 1. The Bertz CT molecular complexity index is 1700. The van der Waals surface area contributed by atoms with Crippen molar-refractivity contribution < 1.29 is 32.2 Å². The average Bonchev–Trinajstić information content (AvgIpc) is 3.69. The van der Waals surface area contributed by atoms with E-state index in [2.05, 4.69) is 15.4 Å². The van der Waals surface area contributed by atoms with Gasteiger partial charge in [0, 0.05) is 49.9 Å². The number of amides is 2. The summed E-state index contributed by atoms with van der Waals surface area (Å²) in [5.74, 6) is 1.27. The second-order valence-corrected chi connectivity index (χ2v) is 12.3. The Morgan fingerprint density at radius 1 is 1.05 bits per heavy atom. The molecule has 13 nitrogen and oxygen atoms in total. The van der Waals surface area contributed by atoms with E-state index in [1.54, 1.807) is 17.7 Å². The summed E-state index contributed by atoms with van der Waals surface area (Å²) in [7, 11) is -3.80. The van der Waals surface area contributed by atoms with Crippen LogP contribution in [0.4, 0.5) is 10.6 Å². The molecule has 214 valence electrons. The fourth-order valence-electron chi connectivity index (χ4n) is 4.57. The van der Waals surface area contributed by atoms with Crippen LogP contribution in [0, 0.1) is 6.92 Å². The Morgan fingerprint density at radius 3 is 2.46 bits per heavy atom. The van der Waals surface area contributed by atoms with Crippen LogP contribution in [0.25, 0.3) is 15.3 Å². The molecular weight excluding hydrogens is 572 g/mol. The van der Waals surface area contributed by atoms with Crippen molar-refractivity contribution in [2.45, 2.75) is 18.7 Å². The second kappa shape index (κ2) is 10.6. The zero-order valence-corrected chi connectivity index (χ0v) is 23.8. The number of sulfonamides is 1. The van der Waals surface area contributed by atoms with Gasteiger partial charge in [-0.25, -0.2) is 18.2 Å². The number of benzene rings is 2. The van der Waals surface area contributed by atoms with E-state index in [-0.39, 0.29) is 50.0 Å². The van der Waals surface area contributed by atoms with Crippen LogP contribution < -0.4 is 14.8 Å². The predicted octanol–water partition coefficient (Wildman–Crippen LogP) is 3.23. The number of carbonyl (C=O) groups is 2. The summed E-state index contributed by atoms with van der Waals surface area (Å²) in [6.07, 6.45) is -0.452. The minimum absolute atomic E-state index is 0.0638. The SMILES string of the molecule is CCOC(=O)N1CCN(S(=O)(=O)c2ccc(C(=O)Nc3cc(C)nn3-c3nc4cc5c(cc4s3)OCO5)cc2)CC1. The van der Waals surface area contributed by atoms with Crippen LogP contribution in [0.5, 0.6) is 11.5 Å². The molecule has 2 amide bonds. The van der Waals surface area contributed by atoms with Crippen molar-refractivity contribution in [2.75, 3.05) is 44.9 Å². The third kappa shape index (κ3) is 5.18. The normalized spacial score (nSPS) is 15.3. The summed E-state index contributed by atoms with van der Waals surface area (Å²) in [5.41, 5.74) is 1.67. The van der Waals surface area contributed by atoms with E-state index in [1.807, 2.05) is 19.1 Å². The zero-order valence-electron chi connectivity index (χ0n) is 22.2. The van der Waals surface area contributed by atoms with Gasteiger partial charge in [0.05, 0.1) is 27.4 Å². The first-order valence-electron chi connectivity index (χ1n) is 12.8. The number of anilines is 1. The lowest BCUT2D eigenvalue weighted by Gasteiger charge is -2.33. The van der Waals surface area contributed by atoms with Crippen molar-refractivity contribution in [3.05, 3.63) is 53.7 Å². The predicted molar refractivity (Wildman–Crippen MR) is 149 cm³/mol. The van der Waals surface area contributed by atoms with Gasteiger partial charge >= 0.3 is 6.09 Å². The zero-order chi connectivity index (χ0) is 28.7. The topological polar surface area (TPSA) is 145 Å². The van der Waals surface area contributed by atoms with Gasteiger partial charge in [-0.3, -0.25) is 4.79 Å². The molecule has 1 saturated heterocycles. The van der Waals surface area contributed by atoms with Gasteiger partial charge < -0.3 is 24.4 Å². The second-order valence-electron chi connectivity index (χ2n) is 9.32. The molecule has 0 aliphatic carbocycles. The Labute approximate surface area is 239 Å². The third-order valence-electron chi connectivity index (χ3n) is 6.64. The molecule has 0 unspecified atom stereocenters. The first-order chi connectivity index (χ1) is 19.7. The maximum Gasteiger partial charge on any atom is 0.409 e. The van der Waals surface area contributed by atoms with Crippen molar-refractivity contribution in [2.24, 2.45) is 0 Å². The van der Waals surface area contributed by atoms with E-state index >= 15 is 0 Å². The molecule has 2 aliphatic rings. The van der Waals surface area contributed by atoms with Crippen molar-refractivity contribution in [3.63, 3.8) is 0 Å². The molecule has 0 radical (unpaired) electrons. The Kier molecular flexibility index (Phi) is 7.01. The Hall–Kier alpha value is -4.21. The molecule has 0 bridgehead atoms. The molecule has 0 saturated carbocycles. The largest absolute Gasteiger partial charge is 0.454 e. The number of hydrogen-bond acceptors (Lipinski definition) is 10. The summed E-state index contributed by atoms with van der Waals surface area (Å²) >= 11 is 1.39. The summed E-state index contributed by atoms with van der Waals surface area (Å²) < 4.78 is 46.0. The lowest BCUT2D eigenvalue weighted by Crippen LogP contribution is -2.50. The van der Waals surface area contributed by atoms with E-state index in [0.717, 1.165) is 10.2 Å². The molecule has 4 heterocycles. The summed E-state index contributed by atoms with van der Waals surface area (Å²) in [4.78, 5) is 31.2. The van der Waals surface area contributed by atoms with Gasteiger partial charge in [0.25, 0.3) is 5.91 Å². The highest BCUT2D eigenvalue weighted by molar-refractivity contribution is 7.89. The van der Waals surface area contributed by atoms with E-state index < -0.39 is 22.0 Å². The van der Waals surface area contributed by atoms with Crippen molar-refractivity contribution in [1.82, 2.24) is 24.0 Å². The van der Waals surface area contributed by atoms with E-state index in [9.17, 15) is 18.0 Å². The van der Waals surface area contributed by atoms with E-state index in [4.69, 9.17) is 14.2 Å². The summed E-state index contributed by atoms with van der Waals surface area (Å²) in [6, 6.07) is 11.1. The molecule has 0 spiro atoms. The Balaban J connectivity index is 1.16. The van der Waals surface area contributed by atoms with Crippen LogP contribution in [0.1, 0.15) is 23.0 Å². The minimum Gasteiger partial charge on any atom is -0.454 e. The average molecular weight is 599 g/mol. The number of nitrogens with zero attached hydrogens (tertiary/aromatic N) is 5. The molecule has 0 atom stereocenters. The molecule has 41 heavy (non-hydrogen) atoms. The number of fused-ring (bicyclic) bond motifs is 2. The molecule has 1 N–H and O–H groups in total. The number of thiazole rings is 1. The van der Waals surface area contributed by atoms with E-state index in [0.29, 0.717) is 28.1 Å². The summed E-state index contributed by atoms with van der Waals surface area (Å²) in [6.45, 7) is 4.75. The number of nitrogens with one attached hydrogen (secondary N) is 1. The fraction of sp³-hybridized carbons (Fsp3) is 0.308. The number of aromatic nitrogens is 3. The third-order valence-corrected chi connectivity index (χ3v) is 9.55. The molecule has 15 heteroatoms. The fourth-order valence-corrected chi connectivity index (χ4v) is 6.94. The number of carbonyl (C=O) groups excluding carboxylic acids is 2. The highest BCUT2D eigenvalue weighted by atomic mass is 32.2. The number of aryl methyl sites for hydroxylation is 1. The van der Waals surface area contributed by atoms with Crippen LogP contribution >= 0.6 is 11.3 Å². The van der Waals surface area contributed by atoms with E-state index in [1.165, 1.54) is 44.8 Å². The monoisotopic (exact) mass is 598 g/mol. The van der Waals surface area contributed by atoms with Gasteiger partial charge in [-0.15, -0.1) is 0 Å². The molecule has 4 aromatic rings. The molecule has 6 rings (SSSR count). The molecule has 2 aliphatic heterocycles. The van der Waals surface area contributed by atoms with Crippen LogP contribution in [-0.2, 0) is 14.8 Å². The maximum atomic E-state index is 13.2. The Morgan fingerprint density at radius 2 is 1.76 bits per heavy atom. The number of piperazine rings is 1. The quantitative estimate of drug-likeness (QED) is 0.354. The smallest absolute Gasteiger partial charge is 0.409 e. The van der Waals surface area contributed by atoms with Gasteiger partial charge in [-0.2, -0.15) is 14.1 Å². The van der Waals surface area contributed by atoms with Crippen LogP contribution in [-0.4, -0.2) is 84.0 Å². The first-order valence-corrected chi connectivity index (χ1v) is 15.1. The van der Waals surface area contributed by atoms with Gasteiger partial charge in [0.1, 0.15) is 5.82 Å². The number of rotatable bonds is 6. The van der Waals surface area contributed by atoms with Gasteiger partial charge in [0.15, 0.2) is 11.5 Å².